The summed E-state index contributed by atoms with van der Waals surface area (Å²) in [6, 6.07) is 8.79. The highest BCUT2D eigenvalue weighted by molar-refractivity contribution is 6.31. The van der Waals surface area contributed by atoms with E-state index in [0.29, 0.717) is 27.8 Å². The van der Waals surface area contributed by atoms with Crippen molar-refractivity contribution in [2.45, 2.75) is 26.7 Å². The summed E-state index contributed by atoms with van der Waals surface area (Å²) in [5.41, 5.74) is 1.31. The second-order valence-electron chi connectivity index (χ2n) is 5.69. The summed E-state index contributed by atoms with van der Waals surface area (Å²) in [4.78, 5) is 18.9. The average molecular weight is 362 g/mol. The van der Waals surface area contributed by atoms with E-state index in [0.717, 1.165) is 25.9 Å². The molecule has 0 bridgehead atoms. The standard InChI is InChI=1S/C19H24ClN3O2/c1-4-10-23(11-5-2)19(24)14-8-9-21-18(12-14)22-16-13-15(20)6-7-17(16)25-3/h6-9,12-13H,4-5,10-11H2,1-3H3,(H,21,22). The van der Waals surface area contributed by atoms with Crippen LogP contribution in [0.3, 0.4) is 0 Å². The van der Waals surface area contributed by atoms with Gasteiger partial charge >= 0.3 is 0 Å². The van der Waals surface area contributed by atoms with Gasteiger partial charge in [0.15, 0.2) is 0 Å². The maximum Gasteiger partial charge on any atom is 0.254 e. The number of methoxy groups -OCH3 is 1. The molecule has 1 aromatic heterocycles. The molecule has 0 saturated carbocycles. The zero-order valence-corrected chi connectivity index (χ0v) is 15.6. The average Bonchev–Trinajstić information content (AvgIpc) is 2.61. The zero-order valence-electron chi connectivity index (χ0n) is 14.9. The van der Waals surface area contributed by atoms with Crippen LogP contribution in [0.1, 0.15) is 37.0 Å². The van der Waals surface area contributed by atoms with Crippen LogP contribution in [-0.4, -0.2) is 36.0 Å². The minimum atomic E-state index is 0.0206. The van der Waals surface area contributed by atoms with Crippen molar-refractivity contribution in [3.63, 3.8) is 0 Å². The molecule has 0 aliphatic rings. The van der Waals surface area contributed by atoms with Crippen LogP contribution in [0.2, 0.25) is 5.02 Å². The first kappa shape index (κ1) is 19.1. The van der Waals surface area contributed by atoms with Crippen molar-refractivity contribution in [2.75, 3.05) is 25.5 Å². The lowest BCUT2D eigenvalue weighted by atomic mass is 10.2. The van der Waals surface area contributed by atoms with Crippen LogP contribution >= 0.6 is 11.6 Å². The molecule has 0 atom stereocenters. The van der Waals surface area contributed by atoms with Gasteiger partial charge in [0.05, 0.1) is 12.8 Å². The Morgan fingerprint density at radius 3 is 2.56 bits per heavy atom. The molecule has 0 fully saturated rings. The number of aromatic nitrogens is 1. The summed E-state index contributed by atoms with van der Waals surface area (Å²) in [5, 5.41) is 3.76. The van der Waals surface area contributed by atoms with Gasteiger partial charge in [-0.15, -0.1) is 0 Å². The van der Waals surface area contributed by atoms with Crippen molar-refractivity contribution in [3.8, 4) is 5.75 Å². The van der Waals surface area contributed by atoms with Crippen molar-refractivity contribution in [1.82, 2.24) is 9.88 Å². The third-order valence-electron chi connectivity index (χ3n) is 3.71. The van der Waals surface area contributed by atoms with Gasteiger partial charge in [-0.1, -0.05) is 25.4 Å². The normalized spacial score (nSPS) is 10.4. The Hall–Kier alpha value is -2.27. The molecule has 6 heteroatoms. The second kappa shape index (κ2) is 9.28. The van der Waals surface area contributed by atoms with Crippen molar-refractivity contribution in [3.05, 3.63) is 47.1 Å². The monoisotopic (exact) mass is 361 g/mol. The number of benzene rings is 1. The van der Waals surface area contributed by atoms with Crippen molar-refractivity contribution in [2.24, 2.45) is 0 Å². The Morgan fingerprint density at radius 1 is 1.20 bits per heavy atom. The highest BCUT2D eigenvalue weighted by Gasteiger charge is 2.15. The lowest BCUT2D eigenvalue weighted by Gasteiger charge is -2.21. The molecule has 1 amide bonds. The van der Waals surface area contributed by atoms with E-state index in [2.05, 4.69) is 24.1 Å². The number of carbonyl (C=O) groups excluding carboxylic acids is 1. The molecule has 5 nitrogen and oxygen atoms in total. The number of nitrogens with zero attached hydrogens (tertiary/aromatic N) is 2. The molecule has 0 spiro atoms. The van der Waals surface area contributed by atoms with Crippen LogP contribution < -0.4 is 10.1 Å². The van der Waals surface area contributed by atoms with Crippen LogP contribution in [0.25, 0.3) is 0 Å². The van der Waals surface area contributed by atoms with Gasteiger partial charge in [0.25, 0.3) is 5.91 Å². The molecule has 2 aromatic rings. The number of hydrogen-bond donors (Lipinski definition) is 1. The van der Waals surface area contributed by atoms with E-state index < -0.39 is 0 Å². The molecule has 0 unspecified atom stereocenters. The maximum absolute atomic E-state index is 12.7. The fourth-order valence-corrected chi connectivity index (χ4v) is 2.76. The SMILES string of the molecule is CCCN(CCC)C(=O)c1ccnc(Nc2cc(Cl)ccc2OC)c1. The van der Waals surface area contributed by atoms with Crippen LogP contribution in [0.5, 0.6) is 5.75 Å². The Kier molecular flexibility index (Phi) is 7.07. The van der Waals surface area contributed by atoms with E-state index in [1.165, 1.54) is 0 Å². The van der Waals surface area contributed by atoms with Crippen molar-refractivity contribution < 1.29 is 9.53 Å². The molecule has 0 aliphatic heterocycles. The van der Waals surface area contributed by atoms with E-state index in [1.807, 2.05) is 4.90 Å². The number of nitrogens with one attached hydrogen (secondary N) is 1. The first-order chi connectivity index (χ1) is 12.1. The summed E-state index contributed by atoms with van der Waals surface area (Å²) in [5.74, 6) is 1.24. The summed E-state index contributed by atoms with van der Waals surface area (Å²) in [6.07, 6.45) is 3.49. The van der Waals surface area contributed by atoms with Crippen molar-refractivity contribution in [1.29, 1.82) is 0 Å². The van der Waals surface area contributed by atoms with Gasteiger partial charge in [-0.2, -0.15) is 0 Å². The molecule has 0 aliphatic carbocycles. The molecular formula is C19H24ClN3O2. The Bertz CT molecular complexity index is 716. The lowest BCUT2D eigenvalue weighted by molar-refractivity contribution is 0.0755. The van der Waals surface area contributed by atoms with Gasteiger partial charge in [-0.05, 0) is 43.2 Å². The molecular weight excluding hydrogens is 338 g/mol. The predicted molar refractivity (Wildman–Crippen MR) is 102 cm³/mol. The molecule has 134 valence electrons. The van der Waals surface area contributed by atoms with Gasteiger partial charge in [0.2, 0.25) is 0 Å². The van der Waals surface area contributed by atoms with Crippen LogP contribution in [-0.2, 0) is 0 Å². The first-order valence-corrected chi connectivity index (χ1v) is 8.82. The second-order valence-corrected chi connectivity index (χ2v) is 6.13. The quantitative estimate of drug-likeness (QED) is 0.737. The van der Waals surface area contributed by atoms with Crippen LogP contribution in [0, 0.1) is 0 Å². The highest BCUT2D eigenvalue weighted by atomic mass is 35.5. The Labute approximate surface area is 154 Å². The van der Waals surface area contributed by atoms with Gasteiger partial charge < -0.3 is 15.0 Å². The largest absolute Gasteiger partial charge is 0.495 e. The van der Waals surface area contributed by atoms with E-state index >= 15 is 0 Å². The van der Waals surface area contributed by atoms with E-state index in [9.17, 15) is 4.79 Å². The fraction of sp³-hybridized carbons (Fsp3) is 0.368. The number of pyridine rings is 1. The molecule has 0 radical (unpaired) electrons. The number of ether oxygens (including phenoxy) is 1. The third-order valence-corrected chi connectivity index (χ3v) is 3.94. The summed E-state index contributed by atoms with van der Waals surface area (Å²) in [6.45, 7) is 5.64. The van der Waals surface area contributed by atoms with E-state index in [1.54, 1.807) is 43.6 Å². The van der Waals surface area contributed by atoms with Crippen molar-refractivity contribution >= 4 is 29.0 Å². The van der Waals surface area contributed by atoms with Gasteiger partial charge in [0, 0.05) is 29.9 Å². The third kappa shape index (κ3) is 5.10. The zero-order chi connectivity index (χ0) is 18.2. The summed E-state index contributed by atoms with van der Waals surface area (Å²) >= 11 is 6.06. The minimum absolute atomic E-state index is 0.0206. The Balaban J connectivity index is 2.24. The van der Waals surface area contributed by atoms with Gasteiger partial charge in [-0.3, -0.25) is 4.79 Å². The molecule has 0 saturated heterocycles. The Morgan fingerprint density at radius 2 is 1.92 bits per heavy atom. The minimum Gasteiger partial charge on any atom is -0.495 e. The molecule has 1 heterocycles. The van der Waals surface area contributed by atoms with Gasteiger partial charge in [-0.25, -0.2) is 4.98 Å². The number of rotatable bonds is 8. The molecule has 2 rings (SSSR count). The van der Waals surface area contributed by atoms with Crippen LogP contribution in [0.4, 0.5) is 11.5 Å². The fourth-order valence-electron chi connectivity index (χ4n) is 2.59. The number of amides is 1. The molecule has 1 aromatic carbocycles. The lowest BCUT2D eigenvalue weighted by Crippen LogP contribution is -2.32. The highest BCUT2D eigenvalue weighted by Crippen LogP contribution is 2.30. The van der Waals surface area contributed by atoms with Crippen LogP contribution in [0.15, 0.2) is 36.5 Å². The maximum atomic E-state index is 12.7. The van der Waals surface area contributed by atoms with Gasteiger partial charge in [0.1, 0.15) is 11.6 Å². The summed E-state index contributed by atoms with van der Waals surface area (Å²) < 4.78 is 5.33. The smallest absolute Gasteiger partial charge is 0.254 e. The molecule has 1 N–H and O–H groups in total. The molecule has 25 heavy (non-hydrogen) atoms. The number of anilines is 2. The number of carbonyl (C=O) groups is 1. The van der Waals surface area contributed by atoms with E-state index in [-0.39, 0.29) is 5.91 Å². The van der Waals surface area contributed by atoms with E-state index in [4.69, 9.17) is 16.3 Å². The topological polar surface area (TPSA) is 54.5 Å². The summed E-state index contributed by atoms with van der Waals surface area (Å²) in [7, 11) is 1.59. The predicted octanol–water partition coefficient (Wildman–Crippen LogP) is 4.75. The number of hydrogen-bond acceptors (Lipinski definition) is 4. The number of halogens is 1. The first-order valence-electron chi connectivity index (χ1n) is 8.44.